The number of carbonyl (C=O) groups is 1. The van der Waals surface area contributed by atoms with Crippen molar-refractivity contribution in [2.24, 2.45) is 0 Å². The Labute approximate surface area is 191 Å². The number of halogens is 2. The number of hydrogen-bond donors (Lipinski definition) is 3. The summed E-state index contributed by atoms with van der Waals surface area (Å²) in [5, 5.41) is 9.78. The molecule has 9 heteroatoms. The maximum absolute atomic E-state index is 12.6. The molecular formula is C22H24Cl2N6O. The van der Waals surface area contributed by atoms with Crippen LogP contribution in [0.4, 0.5) is 23.3 Å². The largest absolute Gasteiger partial charge is 0.352 e. The quantitative estimate of drug-likeness (QED) is 0.394. The van der Waals surface area contributed by atoms with E-state index in [9.17, 15) is 4.79 Å². The lowest BCUT2D eigenvalue weighted by molar-refractivity contribution is 0.102. The highest BCUT2D eigenvalue weighted by atomic mass is 35.5. The molecule has 2 heterocycles. The summed E-state index contributed by atoms with van der Waals surface area (Å²) in [7, 11) is 0. The fourth-order valence-corrected chi connectivity index (χ4v) is 3.33. The Kier molecular flexibility index (Phi) is 7.30. The van der Waals surface area contributed by atoms with Crippen molar-refractivity contribution in [3.63, 3.8) is 0 Å². The normalized spacial score (nSPS) is 11.0. The number of benzene rings is 1. The van der Waals surface area contributed by atoms with Crippen LogP contribution in [0.15, 0.2) is 42.6 Å². The van der Waals surface area contributed by atoms with Gasteiger partial charge in [0.25, 0.3) is 5.91 Å². The molecule has 0 saturated carbocycles. The van der Waals surface area contributed by atoms with Crippen molar-refractivity contribution < 1.29 is 4.79 Å². The molecule has 0 bridgehead atoms. The Hall–Kier alpha value is -2.90. The van der Waals surface area contributed by atoms with E-state index in [4.69, 9.17) is 23.2 Å². The van der Waals surface area contributed by atoms with Crippen LogP contribution in [0.2, 0.25) is 10.0 Å². The maximum Gasteiger partial charge on any atom is 0.258 e. The molecule has 0 fully saturated rings. The molecule has 0 saturated heterocycles. The van der Waals surface area contributed by atoms with Gasteiger partial charge in [-0.2, -0.15) is 4.98 Å². The van der Waals surface area contributed by atoms with Gasteiger partial charge in [-0.25, -0.2) is 9.97 Å². The Balaban J connectivity index is 1.82. The van der Waals surface area contributed by atoms with Crippen molar-refractivity contribution in [2.45, 2.75) is 39.7 Å². The molecule has 0 unspecified atom stereocenters. The predicted octanol–water partition coefficient (Wildman–Crippen LogP) is 6.12. The Morgan fingerprint density at radius 1 is 0.968 bits per heavy atom. The van der Waals surface area contributed by atoms with Gasteiger partial charge in [0.2, 0.25) is 5.95 Å². The first-order valence-corrected chi connectivity index (χ1v) is 10.6. The zero-order valence-corrected chi connectivity index (χ0v) is 19.2. The average Bonchev–Trinajstić information content (AvgIpc) is 2.67. The average molecular weight is 459 g/mol. The second-order valence-corrected chi connectivity index (χ2v) is 8.38. The maximum atomic E-state index is 12.6. The summed E-state index contributed by atoms with van der Waals surface area (Å²) in [6.07, 6.45) is 1.59. The number of nitrogens with one attached hydrogen (secondary N) is 3. The second-order valence-electron chi connectivity index (χ2n) is 7.56. The van der Waals surface area contributed by atoms with Crippen LogP contribution in [0.5, 0.6) is 0 Å². The molecule has 1 amide bonds. The van der Waals surface area contributed by atoms with E-state index in [-0.39, 0.29) is 27.6 Å². The van der Waals surface area contributed by atoms with E-state index < -0.39 is 5.91 Å². The molecule has 1 aromatic carbocycles. The lowest BCUT2D eigenvalue weighted by Gasteiger charge is -2.14. The van der Waals surface area contributed by atoms with E-state index in [1.54, 1.807) is 36.5 Å². The molecule has 3 N–H and O–H groups in total. The predicted molar refractivity (Wildman–Crippen MR) is 127 cm³/mol. The minimum atomic E-state index is -0.403. The number of amides is 1. The van der Waals surface area contributed by atoms with Gasteiger partial charge in [-0.3, -0.25) is 4.79 Å². The van der Waals surface area contributed by atoms with E-state index >= 15 is 0 Å². The molecule has 31 heavy (non-hydrogen) atoms. The van der Waals surface area contributed by atoms with Crippen molar-refractivity contribution in [1.82, 2.24) is 15.0 Å². The third kappa shape index (κ3) is 6.06. The SMILES string of the molecule is CC(C)Nc1nc(Nc2cc(NC(=O)c3c(Cl)cccc3Cl)ccn2)cc(C(C)C)n1. The summed E-state index contributed by atoms with van der Waals surface area (Å²) in [4.78, 5) is 26.0. The fourth-order valence-electron chi connectivity index (χ4n) is 2.76. The van der Waals surface area contributed by atoms with Crippen LogP contribution in [-0.2, 0) is 0 Å². The molecule has 162 valence electrons. The van der Waals surface area contributed by atoms with Gasteiger partial charge in [-0.05, 0) is 38.0 Å². The minimum absolute atomic E-state index is 0.198. The molecule has 0 atom stereocenters. The van der Waals surface area contributed by atoms with Crippen molar-refractivity contribution in [3.8, 4) is 0 Å². The van der Waals surface area contributed by atoms with Crippen molar-refractivity contribution >= 4 is 52.4 Å². The third-order valence-electron chi connectivity index (χ3n) is 4.22. The van der Waals surface area contributed by atoms with E-state index in [0.29, 0.717) is 23.3 Å². The summed E-state index contributed by atoms with van der Waals surface area (Å²) >= 11 is 12.3. The van der Waals surface area contributed by atoms with Gasteiger partial charge in [0.05, 0.1) is 21.3 Å². The first-order valence-electron chi connectivity index (χ1n) is 9.87. The van der Waals surface area contributed by atoms with Crippen LogP contribution >= 0.6 is 23.2 Å². The summed E-state index contributed by atoms with van der Waals surface area (Å²) in [5.74, 6) is 1.50. The molecule has 0 aliphatic heterocycles. The van der Waals surface area contributed by atoms with Gasteiger partial charge in [0.1, 0.15) is 11.6 Å². The summed E-state index contributed by atoms with van der Waals surface area (Å²) in [5.41, 5.74) is 1.66. The lowest BCUT2D eigenvalue weighted by Crippen LogP contribution is -2.15. The third-order valence-corrected chi connectivity index (χ3v) is 4.85. The number of nitrogens with zero attached hydrogens (tertiary/aromatic N) is 3. The highest BCUT2D eigenvalue weighted by Gasteiger charge is 2.15. The topological polar surface area (TPSA) is 91.8 Å². The Morgan fingerprint density at radius 2 is 1.68 bits per heavy atom. The molecular weight excluding hydrogens is 435 g/mol. The van der Waals surface area contributed by atoms with Gasteiger partial charge >= 0.3 is 0 Å². The second kappa shape index (κ2) is 9.94. The minimum Gasteiger partial charge on any atom is -0.352 e. The molecule has 7 nitrogen and oxygen atoms in total. The van der Waals surface area contributed by atoms with Crippen LogP contribution in [0.1, 0.15) is 49.7 Å². The van der Waals surface area contributed by atoms with Gasteiger partial charge in [0, 0.05) is 30.1 Å². The van der Waals surface area contributed by atoms with Crippen molar-refractivity contribution in [2.75, 3.05) is 16.0 Å². The number of anilines is 4. The molecule has 0 spiro atoms. The fraction of sp³-hybridized carbons (Fsp3) is 0.273. The van der Waals surface area contributed by atoms with Gasteiger partial charge in [0.15, 0.2) is 0 Å². The van der Waals surface area contributed by atoms with E-state index in [1.807, 2.05) is 19.9 Å². The molecule has 3 rings (SSSR count). The highest BCUT2D eigenvalue weighted by Crippen LogP contribution is 2.26. The van der Waals surface area contributed by atoms with E-state index in [2.05, 4.69) is 44.7 Å². The van der Waals surface area contributed by atoms with Gasteiger partial charge in [-0.1, -0.05) is 43.1 Å². The summed E-state index contributed by atoms with van der Waals surface area (Å²) < 4.78 is 0. The highest BCUT2D eigenvalue weighted by molar-refractivity contribution is 6.40. The van der Waals surface area contributed by atoms with Crippen LogP contribution in [0.3, 0.4) is 0 Å². The van der Waals surface area contributed by atoms with Crippen molar-refractivity contribution in [1.29, 1.82) is 0 Å². The molecule has 0 radical (unpaired) electrons. The zero-order chi connectivity index (χ0) is 22.5. The van der Waals surface area contributed by atoms with Gasteiger partial charge in [-0.15, -0.1) is 0 Å². The van der Waals surface area contributed by atoms with E-state index in [0.717, 1.165) is 5.69 Å². The molecule has 0 aliphatic rings. The Morgan fingerprint density at radius 3 is 2.32 bits per heavy atom. The molecule has 3 aromatic rings. The van der Waals surface area contributed by atoms with Crippen LogP contribution in [0.25, 0.3) is 0 Å². The first kappa shape index (κ1) is 22.8. The van der Waals surface area contributed by atoms with Crippen LogP contribution in [0, 0.1) is 0 Å². The number of hydrogen-bond acceptors (Lipinski definition) is 6. The number of rotatable bonds is 7. The van der Waals surface area contributed by atoms with E-state index in [1.165, 1.54) is 0 Å². The zero-order valence-electron chi connectivity index (χ0n) is 17.7. The van der Waals surface area contributed by atoms with Gasteiger partial charge < -0.3 is 16.0 Å². The van der Waals surface area contributed by atoms with Crippen molar-refractivity contribution in [3.05, 3.63) is 63.9 Å². The molecule has 2 aromatic heterocycles. The monoisotopic (exact) mass is 458 g/mol. The van der Waals surface area contributed by atoms with Crippen LogP contribution < -0.4 is 16.0 Å². The molecule has 0 aliphatic carbocycles. The number of aromatic nitrogens is 3. The number of pyridine rings is 1. The summed E-state index contributed by atoms with van der Waals surface area (Å²) in [6, 6.07) is 10.4. The first-order chi connectivity index (χ1) is 14.7. The number of carbonyl (C=O) groups excluding carboxylic acids is 1. The lowest BCUT2D eigenvalue weighted by atomic mass is 10.1. The standard InChI is InChI=1S/C22H24Cl2N6O/c1-12(2)17-11-19(30-22(28-17)26-13(3)4)29-18-10-14(8-9-25-18)27-21(31)20-15(23)6-5-7-16(20)24/h5-13H,1-4H3,(H3,25,26,27,28,29,30,31). The Bertz CT molecular complexity index is 1070. The van der Waals surface area contributed by atoms with Crippen LogP contribution in [-0.4, -0.2) is 26.9 Å². The summed E-state index contributed by atoms with van der Waals surface area (Å²) in [6.45, 7) is 8.19. The smallest absolute Gasteiger partial charge is 0.258 e.